The molecule has 0 spiro atoms. The first-order valence-corrected chi connectivity index (χ1v) is 7.61. The smallest absolute Gasteiger partial charge is 0.294 e. The number of rotatable bonds is 5. The molecule has 0 bridgehead atoms. The average Bonchev–Trinajstić information content (AvgIpc) is 3.03. The Hall–Kier alpha value is -1.97. The Kier molecular flexibility index (Phi) is 4.66. The summed E-state index contributed by atoms with van der Waals surface area (Å²) in [4.78, 5) is 4.03. The molecule has 5 heteroatoms. The highest BCUT2D eigenvalue weighted by molar-refractivity contribution is 6.42. The van der Waals surface area contributed by atoms with Crippen molar-refractivity contribution >= 4 is 29.2 Å². The number of aromatic nitrogens is 1. The minimum Gasteiger partial charge on any atom is -0.432 e. The highest BCUT2D eigenvalue weighted by Gasteiger charge is 2.03. The van der Waals surface area contributed by atoms with Crippen LogP contribution in [0, 0.1) is 0 Å². The number of oxazole rings is 1. The fraction of sp³-hybridized carbons (Fsp3) is 0.118. The molecule has 0 aliphatic carbocycles. The van der Waals surface area contributed by atoms with Gasteiger partial charge in [0.05, 0.1) is 16.2 Å². The van der Waals surface area contributed by atoms with E-state index in [2.05, 4.69) is 28.5 Å². The Labute approximate surface area is 138 Å². The summed E-state index contributed by atoms with van der Waals surface area (Å²) in [7, 11) is 0. The van der Waals surface area contributed by atoms with Crippen molar-refractivity contribution in [1.82, 2.24) is 4.98 Å². The normalized spacial score (nSPS) is 10.6. The zero-order valence-corrected chi connectivity index (χ0v) is 13.2. The molecule has 0 saturated heterocycles. The van der Waals surface area contributed by atoms with Crippen molar-refractivity contribution in [1.29, 1.82) is 0 Å². The molecule has 3 nitrogen and oxygen atoms in total. The van der Waals surface area contributed by atoms with E-state index in [0.717, 1.165) is 17.5 Å². The van der Waals surface area contributed by atoms with E-state index in [9.17, 15) is 0 Å². The van der Waals surface area contributed by atoms with Gasteiger partial charge in [0.2, 0.25) is 0 Å². The number of anilines is 1. The maximum atomic E-state index is 6.06. The lowest BCUT2D eigenvalue weighted by molar-refractivity contribution is 0.571. The lowest BCUT2D eigenvalue weighted by Gasteiger charge is -2.07. The van der Waals surface area contributed by atoms with Crippen molar-refractivity contribution in [2.45, 2.75) is 13.0 Å². The van der Waals surface area contributed by atoms with Gasteiger partial charge in [-0.1, -0.05) is 53.5 Å². The number of halogens is 2. The fourth-order valence-electron chi connectivity index (χ4n) is 2.22. The summed E-state index contributed by atoms with van der Waals surface area (Å²) in [6.07, 6.45) is 3.97. The molecule has 0 fully saturated rings. The van der Waals surface area contributed by atoms with Crippen molar-refractivity contribution in [2.75, 3.05) is 5.32 Å². The standard InChI is InChI=1S/C17H14Cl2N2O/c18-15-5-4-13(10-16(15)19)8-12-2-1-3-14(9-12)11-21-17-20-6-7-22-17/h1-7,9-10H,8,11H2,(H,20,21). The molecule has 0 amide bonds. The molecule has 3 aromatic rings. The van der Waals surface area contributed by atoms with Gasteiger partial charge >= 0.3 is 0 Å². The first-order chi connectivity index (χ1) is 10.7. The molecule has 0 radical (unpaired) electrons. The van der Waals surface area contributed by atoms with E-state index in [4.69, 9.17) is 27.6 Å². The topological polar surface area (TPSA) is 38.1 Å². The molecular weight excluding hydrogens is 319 g/mol. The molecule has 0 atom stereocenters. The summed E-state index contributed by atoms with van der Waals surface area (Å²) in [5.41, 5.74) is 3.51. The SMILES string of the molecule is Clc1ccc(Cc2cccc(CNc3ncco3)c2)cc1Cl. The van der Waals surface area contributed by atoms with Gasteiger partial charge in [0.25, 0.3) is 6.01 Å². The molecular formula is C17H14Cl2N2O. The van der Waals surface area contributed by atoms with E-state index in [0.29, 0.717) is 22.6 Å². The van der Waals surface area contributed by atoms with E-state index >= 15 is 0 Å². The third kappa shape index (κ3) is 3.81. The number of nitrogens with zero attached hydrogens (tertiary/aromatic N) is 1. The van der Waals surface area contributed by atoms with Crippen LogP contribution in [0.25, 0.3) is 0 Å². The fourth-order valence-corrected chi connectivity index (χ4v) is 2.54. The van der Waals surface area contributed by atoms with Gasteiger partial charge in [0.1, 0.15) is 6.26 Å². The first kappa shape index (κ1) is 14.9. The lowest BCUT2D eigenvalue weighted by Crippen LogP contribution is -2.00. The third-order valence-electron chi connectivity index (χ3n) is 3.26. The second-order valence-electron chi connectivity index (χ2n) is 4.94. The summed E-state index contributed by atoms with van der Waals surface area (Å²) in [5, 5.41) is 4.29. The number of nitrogens with one attached hydrogen (secondary N) is 1. The molecule has 1 aromatic heterocycles. The highest BCUT2D eigenvalue weighted by Crippen LogP contribution is 2.24. The lowest BCUT2D eigenvalue weighted by atomic mass is 10.0. The molecule has 0 unspecified atom stereocenters. The van der Waals surface area contributed by atoms with Gasteiger partial charge in [-0.25, -0.2) is 4.98 Å². The van der Waals surface area contributed by atoms with Crippen LogP contribution in [0.5, 0.6) is 0 Å². The Morgan fingerprint density at radius 3 is 2.55 bits per heavy atom. The summed E-state index contributed by atoms with van der Waals surface area (Å²) in [6.45, 7) is 0.662. The zero-order valence-electron chi connectivity index (χ0n) is 11.7. The number of hydrogen-bond donors (Lipinski definition) is 1. The highest BCUT2D eigenvalue weighted by atomic mass is 35.5. The Balaban J connectivity index is 1.69. The minimum atomic E-state index is 0.523. The summed E-state index contributed by atoms with van der Waals surface area (Å²) in [5.74, 6) is 0. The molecule has 22 heavy (non-hydrogen) atoms. The van der Waals surface area contributed by atoms with Gasteiger partial charge in [-0.15, -0.1) is 0 Å². The van der Waals surface area contributed by atoms with Gasteiger partial charge in [-0.3, -0.25) is 0 Å². The third-order valence-corrected chi connectivity index (χ3v) is 4.00. The molecule has 0 aliphatic heterocycles. The monoisotopic (exact) mass is 332 g/mol. The molecule has 0 aliphatic rings. The molecule has 2 aromatic carbocycles. The van der Waals surface area contributed by atoms with Crippen LogP contribution in [-0.2, 0) is 13.0 Å². The molecule has 3 rings (SSSR count). The van der Waals surface area contributed by atoms with Crippen molar-refractivity contribution in [3.8, 4) is 0 Å². The summed E-state index contributed by atoms with van der Waals surface area (Å²) < 4.78 is 5.16. The van der Waals surface area contributed by atoms with Crippen LogP contribution in [0.3, 0.4) is 0 Å². The van der Waals surface area contributed by atoms with Crippen LogP contribution in [0.4, 0.5) is 6.01 Å². The van der Waals surface area contributed by atoms with Crippen molar-refractivity contribution in [2.24, 2.45) is 0 Å². The maximum Gasteiger partial charge on any atom is 0.294 e. The van der Waals surface area contributed by atoms with Gasteiger partial charge in [0.15, 0.2) is 0 Å². The van der Waals surface area contributed by atoms with Crippen molar-refractivity contribution in [3.05, 3.63) is 81.7 Å². The van der Waals surface area contributed by atoms with Gasteiger partial charge in [-0.05, 0) is 35.2 Å². The second-order valence-corrected chi connectivity index (χ2v) is 5.75. The van der Waals surface area contributed by atoms with E-state index in [-0.39, 0.29) is 0 Å². The predicted octanol–water partition coefficient (Wildman–Crippen LogP) is 5.18. The quantitative estimate of drug-likeness (QED) is 0.699. The Morgan fingerprint density at radius 1 is 0.955 bits per heavy atom. The van der Waals surface area contributed by atoms with E-state index in [1.807, 2.05) is 24.3 Å². The minimum absolute atomic E-state index is 0.523. The van der Waals surface area contributed by atoms with Crippen LogP contribution >= 0.6 is 23.2 Å². The number of benzene rings is 2. The second kappa shape index (κ2) is 6.86. The van der Waals surface area contributed by atoms with E-state index in [1.165, 1.54) is 5.56 Å². The summed E-state index contributed by atoms with van der Waals surface area (Å²) >= 11 is 12.0. The van der Waals surface area contributed by atoms with Crippen LogP contribution in [0.1, 0.15) is 16.7 Å². The van der Waals surface area contributed by atoms with Crippen LogP contribution < -0.4 is 5.32 Å². The predicted molar refractivity (Wildman–Crippen MR) is 89.5 cm³/mol. The Morgan fingerprint density at radius 2 is 1.77 bits per heavy atom. The molecule has 112 valence electrons. The molecule has 0 saturated carbocycles. The van der Waals surface area contributed by atoms with Crippen LogP contribution in [0.2, 0.25) is 10.0 Å². The molecule has 1 N–H and O–H groups in total. The van der Waals surface area contributed by atoms with Crippen molar-refractivity contribution < 1.29 is 4.42 Å². The summed E-state index contributed by atoms with van der Waals surface area (Å²) in [6, 6.07) is 14.6. The van der Waals surface area contributed by atoms with Crippen LogP contribution in [0.15, 0.2) is 59.3 Å². The largest absolute Gasteiger partial charge is 0.432 e. The molecule has 1 heterocycles. The van der Waals surface area contributed by atoms with E-state index in [1.54, 1.807) is 12.5 Å². The van der Waals surface area contributed by atoms with Gasteiger partial charge < -0.3 is 9.73 Å². The van der Waals surface area contributed by atoms with Crippen LogP contribution in [-0.4, -0.2) is 4.98 Å². The van der Waals surface area contributed by atoms with Gasteiger partial charge in [-0.2, -0.15) is 0 Å². The average molecular weight is 333 g/mol. The Bertz CT molecular complexity index is 757. The van der Waals surface area contributed by atoms with E-state index < -0.39 is 0 Å². The van der Waals surface area contributed by atoms with Crippen molar-refractivity contribution in [3.63, 3.8) is 0 Å². The maximum absolute atomic E-state index is 6.06. The van der Waals surface area contributed by atoms with Gasteiger partial charge in [0, 0.05) is 6.54 Å². The zero-order chi connectivity index (χ0) is 15.4. The first-order valence-electron chi connectivity index (χ1n) is 6.86. The number of hydrogen-bond acceptors (Lipinski definition) is 3.